The fourth-order valence-corrected chi connectivity index (χ4v) is 3.37. The van der Waals surface area contributed by atoms with Crippen molar-refractivity contribution in [2.24, 2.45) is 0 Å². The summed E-state index contributed by atoms with van der Waals surface area (Å²) in [5.41, 5.74) is 0.859. The molecule has 2 heterocycles. The van der Waals surface area contributed by atoms with E-state index in [2.05, 4.69) is 4.90 Å². The lowest BCUT2D eigenvalue weighted by Crippen LogP contribution is -2.42. The average Bonchev–Trinajstić information content (AvgIpc) is 2.56. The summed E-state index contributed by atoms with van der Waals surface area (Å²) in [5.74, 6) is 1.46. The zero-order chi connectivity index (χ0) is 15.4. The number of fused-ring (bicyclic) bond motifs is 1. The van der Waals surface area contributed by atoms with Crippen molar-refractivity contribution in [3.63, 3.8) is 0 Å². The molecule has 122 valence electrons. The van der Waals surface area contributed by atoms with Crippen molar-refractivity contribution in [3.05, 3.63) is 23.8 Å². The molecule has 22 heavy (non-hydrogen) atoms. The topological polar surface area (TPSA) is 62.2 Å². The van der Waals surface area contributed by atoms with E-state index in [4.69, 9.17) is 9.47 Å². The second-order valence-corrected chi connectivity index (χ2v) is 6.08. The van der Waals surface area contributed by atoms with Crippen molar-refractivity contribution >= 4 is 0 Å². The fourth-order valence-electron chi connectivity index (χ4n) is 3.37. The lowest BCUT2D eigenvalue weighted by Gasteiger charge is -2.36. The number of hydrogen-bond acceptors (Lipinski definition) is 5. The van der Waals surface area contributed by atoms with Gasteiger partial charge in [0.25, 0.3) is 0 Å². The Kier molecular flexibility index (Phi) is 5.18. The van der Waals surface area contributed by atoms with Crippen LogP contribution in [0.2, 0.25) is 0 Å². The fraction of sp³-hybridized carbons (Fsp3) is 0.647. The molecule has 0 saturated carbocycles. The maximum absolute atomic E-state index is 10.6. The first-order chi connectivity index (χ1) is 10.8. The van der Waals surface area contributed by atoms with Gasteiger partial charge in [-0.2, -0.15) is 0 Å². The number of likely N-dealkylation sites (tertiary alicyclic amines) is 1. The molecule has 0 bridgehead atoms. The third kappa shape index (κ3) is 3.54. The highest BCUT2D eigenvalue weighted by molar-refractivity contribution is 5.44. The van der Waals surface area contributed by atoms with Gasteiger partial charge in [0.05, 0.1) is 6.10 Å². The molecule has 2 N–H and O–H groups in total. The molecule has 1 saturated heterocycles. The SMILES string of the molecule is OCCC1CCCCN1CC(O)c1ccc2c(c1)OCCO2. The van der Waals surface area contributed by atoms with Crippen LogP contribution in [0, 0.1) is 0 Å². The quantitative estimate of drug-likeness (QED) is 0.867. The van der Waals surface area contributed by atoms with Crippen LogP contribution in [0.15, 0.2) is 18.2 Å². The molecule has 2 atom stereocenters. The maximum atomic E-state index is 10.6. The molecule has 3 rings (SSSR count). The van der Waals surface area contributed by atoms with Gasteiger partial charge in [-0.25, -0.2) is 0 Å². The number of nitrogens with zero attached hydrogens (tertiary/aromatic N) is 1. The van der Waals surface area contributed by atoms with Crippen LogP contribution in [-0.4, -0.2) is 54.1 Å². The van der Waals surface area contributed by atoms with E-state index in [0.29, 0.717) is 31.5 Å². The van der Waals surface area contributed by atoms with Crippen molar-refractivity contribution in [2.45, 2.75) is 37.8 Å². The number of rotatable bonds is 5. The zero-order valence-corrected chi connectivity index (χ0v) is 12.9. The van der Waals surface area contributed by atoms with Crippen molar-refractivity contribution in [1.82, 2.24) is 4.90 Å². The van der Waals surface area contributed by atoms with Gasteiger partial charge in [-0.3, -0.25) is 4.90 Å². The van der Waals surface area contributed by atoms with Gasteiger partial charge in [0, 0.05) is 19.2 Å². The largest absolute Gasteiger partial charge is 0.486 e. The van der Waals surface area contributed by atoms with E-state index in [1.807, 2.05) is 18.2 Å². The van der Waals surface area contributed by atoms with Gasteiger partial charge in [0.15, 0.2) is 11.5 Å². The smallest absolute Gasteiger partial charge is 0.161 e. The van der Waals surface area contributed by atoms with Gasteiger partial charge in [-0.1, -0.05) is 12.5 Å². The van der Waals surface area contributed by atoms with Gasteiger partial charge < -0.3 is 19.7 Å². The second-order valence-electron chi connectivity index (χ2n) is 6.08. The number of aliphatic hydroxyl groups excluding tert-OH is 2. The summed E-state index contributed by atoms with van der Waals surface area (Å²) in [7, 11) is 0. The summed E-state index contributed by atoms with van der Waals surface area (Å²) >= 11 is 0. The summed E-state index contributed by atoms with van der Waals surface area (Å²) < 4.78 is 11.1. The van der Waals surface area contributed by atoms with Crippen LogP contribution in [0.5, 0.6) is 11.5 Å². The first kappa shape index (κ1) is 15.6. The highest BCUT2D eigenvalue weighted by atomic mass is 16.6. The third-order valence-electron chi connectivity index (χ3n) is 4.57. The summed E-state index contributed by atoms with van der Waals surface area (Å²) in [6.45, 7) is 2.93. The van der Waals surface area contributed by atoms with Crippen molar-refractivity contribution < 1.29 is 19.7 Å². The number of hydrogen-bond donors (Lipinski definition) is 2. The van der Waals surface area contributed by atoms with E-state index < -0.39 is 6.10 Å². The van der Waals surface area contributed by atoms with Crippen LogP contribution < -0.4 is 9.47 Å². The minimum Gasteiger partial charge on any atom is -0.486 e. The van der Waals surface area contributed by atoms with Crippen LogP contribution in [0.3, 0.4) is 0 Å². The highest BCUT2D eigenvalue weighted by Gasteiger charge is 2.25. The molecule has 0 aliphatic carbocycles. The summed E-state index contributed by atoms with van der Waals surface area (Å²) in [4.78, 5) is 2.31. The molecule has 1 aromatic carbocycles. The Morgan fingerprint density at radius 2 is 2.00 bits per heavy atom. The Balaban J connectivity index is 1.66. The third-order valence-corrected chi connectivity index (χ3v) is 4.57. The Labute approximate surface area is 131 Å². The van der Waals surface area contributed by atoms with Gasteiger partial charge >= 0.3 is 0 Å². The van der Waals surface area contributed by atoms with Crippen LogP contribution >= 0.6 is 0 Å². The standard InChI is InChI=1S/C17H25NO4/c19-8-6-14-3-1-2-7-18(14)12-15(20)13-4-5-16-17(11-13)22-10-9-21-16/h4-5,11,14-15,19-20H,1-3,6-10,12H2. The van der Waals surface area contributed by atoms with E-state index >= 15 is 0 Å². The average molecular weight is 307 g/mol. The number of benzene rings is 1. The number of aliphatic hydroxyl groups is 2. The number of ether oxygens (including phenoxy) is 2. The number of β-amino-alcohol motifs (C(OH)–C–C–N with tert-alkyl or cyclic N) is 1. The van der Waals surface area contributed by atoms with Crippen LogP contribution in [0.1, 0.15) is 37.4 Å². The first-order valence-corrected chi connectivity index (χ1v) is 8.20. The zero-order valence-electron chi connectivity index (χ0n) is 12.9. The van der Waals surface area contributed by atoms with E-state index in [-0.39, 0.29) is 6.61 Å². The van der Waals surface area contributed by atoms with Crippen molar-refractivity contribution in [3.8, 4) is 11.5 Å². The molecule has 1 aromatic rings. The van der Waals surface area contributed by atoms with Crippen molar-refractivity contribution in [1.29, 1.82) is 0 Å². The lowest BCUT2D eigenvalue weighted by molar-refractivity contribution is 0.0562. The molecule has 0 spiro atoms. The van der Waals surface area contributed by atoms with E-state index in [1.165, 1.54) is 6.42 Å². The van der Waals surface area contributed by atoms with Crippen LogP contribution in [0.4, 0.5) is 0 Å². The molecule has 2 aliphatic rings. The molecule has 1 fully saturated rings. The lowest BCUT2D eigenvalue weighted by atomic mass is 9.98. The van der Waals surface area contributed by atoms with E-state index in [9.17, 15) is 10.2 Å². The van der Waals surface area contributed by atoms with Gasteiger partial charge in [0.2, 0.25) is 0 Å². The molecule has 0 radical (unpaired) electrons. The Hall–Kier alpha value is -1.30. The van der Waals surface area contributed by atoms with E-state index in [1.54, 1.807) is 0 Å². The van der Waals surface area contributed by atoms with E-state index in [0.717, 1.165) is 37.1 Å². The molecule has 0 aromatic heterocycles. The maximum Gasteiger partial charge on any atom is 0.161 e. The molecule has 5 heteroatoms. The van der Waals surface area contributed by atoms with Crippen LogP contribution in [-0.2, 0) is 0 Å². The summed E-state index contributed by atoms with van der Waals surface area (Å²) in [5, 5.41) is 19.8. The van der Waals surface area contributed by atoms with Crippen molar-refractivity contribution in [2.75, 3.05) is 32.9 Å². The van der Waals surface area contributed by atoms with Crippen LogP contribution in [0.25, 0.3) is 0 Å². The Morgan fingerprint density at radius 1 is 1.18 bits per heavy atom. The minimum atomic E-state index is -0.546. The predicted molar refractivity (Wildman–Crippen MR) is 83.3 cm³/mol. The monoisotopic (exact) mass is 307 g/mol. The molecule has 0 amide bonds. The predicted octanol–water partition coefficient (Wildman–Crippen LogP) is 1.73. The van der Waals surface area contributed by atoms with Gasteiger partial charge in [-0.05, 0) is 43.5 Å². The summed E-state index contributed by atoms with van der Waals surface area (Å²) in [6, 6.07) is 6.03. The molecule has 5 nitrogen and oxygen atoms in total. The summed E-state index contributed by atoms with van der Waals surface area (Å²) in [6.07, 6.45) is 3.72. The highest BCUT2D eigenvalue weighted by Crippen LogP contribution is 2.33. The molecular formula is C17H25NO4. The molecule has 2 unspecified atom stereocenters. The Morgan fingerprint density at radius 3 is 2.82 bits per heavy atom. The molecular weight excluding hydrogens is 282 g/mol. The normalized spacial score (nSPS) is 23.3. The van der Waals surface area contributed by atoms with Gasteiger partial charge in [0.1, 0.15) is 13.2 Å². The molecule has 2 aliphatic heterocycles. The first-order valence-electron chi connectivity index (χ1n) is 8.20. The second kappa shape index (κ2) is 7.31. The Bertz CT molecular complexity index is 492. The van der Waals surface area contributed by atoms with Gasteiger partial charge in [-0.15, -0.1) is 0 Å². The minimum absolute atomic E-state index is 0.210. The number of piperidine rings is 1.